The molecule has 0 aliphatic heterocycles. The lowest BCUT2D eigenvalue weighted by molar-refractivity contribution is -0.129. The molecule has 4 atom stereocenters. The molecule has 5 nitrogen and oxygen atoms in total. The smallest absolute Gasteiger partial charge is 0.261 e. The van der Waals surface area contributed by atoms with Gasteiger partial charge in [-0.15, -0.1) is 0 Å². The van der Waals surface area contributed by atoms with Gasteiger partial charge in [0.2, 0.25) is 0 Å². The molecule has 1 aliphatic rings. The molecule has 5 heteroatoms. The van der Waals surface area contributed by atoms with E-state index in [0.717, 1.165) is 11.3 Å². The van der Waals surface area contributed by atoms with Crippen molar-refractivity contribution in [3.05, 3.63) is 29.8 Å². The number of nitrogens with one attached hydrogen (secondary N) is 1. The van der Waals surface area contributed by atoms with Gasteiger partial charge < -0.3 is 20.3 Å². The molecule has 0 heterocycles. The summed E-state index contributed by atoms with van der Waals surface area (Å²) in [5.74, 6) is 0.777. The molecule has 0 aromatic heterocycles. The first-order chi connectivity index (χ1) is 10.9. The fraction of sp³-hybridized carbons (Fsp3) is 0.611. The van der Waals surface area contributed by atoms with Crippen LogP contribution in [0.15, 0.2) is 24.3 Å². The van der Waals surface area contributed by atoms with Crippen LogP contribution in [-0.4, -0.2) is 40.5 Å². The highest BCUT2D eigenvalue weighted by atomic mass is 16.5. The Labute approximate surface area is 137 Å². The summed E-state index contributed by atoms with van der Waals surface area (Å²) in [6.45, 7) is 6.06. The highest BCUT2D eigenvalue weighted by molar-refractivity contribution is 5.81. The number of benzene rings is 1. The quantitative estimate of drug-likeness (QED) is 0.748. The van der Waals surface area contributed by atoms with Crippen molar-refractivity contribution in [3.8, 4) is 5.75 Å². The second kappa shape index (κ2) is 7.79. The molecule has 128 valence electrons. The minimum absolute atomic E-state index is 0.246. The fourth-order valence-electron chi connectivity index (χ4n) is 2.96. The second-order valence-electron chi connectivity index (χ2n) is 6.51. The molecule has 1 amide bonds. The van der Waals surface area contributed by atoms with Crippen LogP contribution in [0, 0.1) is 0 Å². The first kappa shape index (κ1) is 17.8. The van der Waals surface area contributed by atoms with Crippen LogP contribution >= 0.6 is 0 Å². The van der Waals surface area contributed by atoms with E-state index >= 15 is 0 Å². The van der Waals surface area contributed by atoms with Crippen molar-refractivity contribution in [2.75, 3.05) is 0 Å². The van der Waals surface area contributed by atoms with E-state index in [4.69, 9.17) is 4.74 Å². The molecular formula is C18H27NO4. The molecule has 1 saturated carbocycles. The summed E-state index contributed by atoms with van der Waals surface area (Å²) in [7, 11) is 0. The van der Waals surface area contributed by atoms with E-state index < -0.39 is 24.4 Å². The lowest BCUT2D eigenvalue weighted by Crippen LogP contribution is -2.46. The highest BCUT2D eigenvalue weighted by Gasteiger charge is 2.34. The first-order valence-electron chi connectivity index (χ1n) is 8.34. The number of hydrogen-bond acceptors (Lipinski definition) is 4. The van der Waals surface area contributed by atoms with Crippen molar-refractivity contribution in [1.29, 1.82) is 0 Å². The number of carbonyl (C=O) groups excluding carboxylic acids is 1. The van der Waals surface area contributed by atoms with Crippen LogP contribution in [0.2, 0.25) is 0 Å². The highest BCUT2D eigenvalue weighted by Crippen LogP contribution is 2.27. The van der Waals surface area contributed by atoms with Crippen LogP contribution in [0.4, 0.5) is 0 Å². The van der Waals surface area contributed by atoms with Gasteiger partial charge >= 0.3 is 0 Å². The second-order valence-corrected chi connectivity index (χ2v) is 6.51. The zero-order valence-electron chi connectivity index (χ0n) is 14.0. The zero-order valence-corrected chi connectivity index (χ0v) is 14.0. The van der Waals surface area contributed by atoms with E-state index in [2.05, 4.69) is 19.2 Å². The number of aliphatic hydroxyl groups excluding tert-OH is 2. The molecule has 1 aliphatic carbocycles. The van der Waals surface area contributed by atoms with Crippen LogP contribution in [0.1, 0.15) is 51.5 Å². The summed E-state index contributed by atoms with van der Waals surface area (Å²) in [4.78, 5) is 12.4. The van der Waals surface area contributed by atoms with Gasteiger partial charge in [0.15, 0.2) is 6.10 Å². The lowest BCUT2D eigenvalue weighted by atomic mass is 10.0. The summed E-state index contributed by atoms with van der Waals surface area (Å²) in [5.41, 5.74) is 1.06. The van der Waals surface area contributed by atoms with E-state index in [1.807, 2.05) is 31.2 Å². The summed E-state index contributed by atoms with van der Waals surface area (Å²) < 4.78 is 5.93. The molecule has 0 bridgehead atoms. The maximum absolute atomic E-state index is 12.4. The standard InChI is InChI=1S/C18H27NO4/c1-4-16(18(22)19-14-9-12(20)10-15(14)21)23-17-8-6-5-7-13(17)11(2)3/h5-8,11-12,14-16,20-21H,4,9-10H2,1-3H3,(H,19,22)/t12-,14+,15+,16?/m0/s1. The minimum Gasteiger partial charge on any atom is -0.480 e. The Bertz CT molecular complexity index is 532. The monoisotopic (exact) mass is 321 g/mol. The van der Waals surface area contributed by atoms with Crippen LogP contribution in [0.25, 0.3) is 0 Å². The average Bonchev–Trinajstić information content (AvgIpc) is 2.82. The van der Waals surface area contributed by atoms with E-state index in [1.54, 1.807) is 0 Å². The molecule has 3 N–H and O–H groups in total. The van der Waals surface area contributed by atoms with Gasteiger partial charge in [0.05, 0.1) is 18.2 Å². The third kappa shape index (κ3) is 4.45. The Balaban J connectivity index is 2.04. The lowest BCUT2D eigenvalue weighted by Gasteiger charge is -2.23. The van der Waals surface area contributed by atoms with Crippen LogP contribution in [-0.2, 0) is 4.79 Å². The number of rotatable bonds is 6. The van der Waals surface area contributed by atoms with E-state index in [9.17, 15) is 15.0 Å². The van der Waals surface area contributed by atoms with Gasteiger partial charge in [-0.3, -0.25) is 4.79 Å². The van der Waals surface area contributed by atoms with Crippen molar-refractivity contribution in [3.63, 3.8) is 0 Å². The number of ether oxygens (including phenoxy) is 1. The van der Waals surface area contributed by atoms with Crippen molar-refractivity contribution >= 4 is 5.91 Å². The first-order valence-corrected chi connectivity index (χ1v) is 8.34. The van der Waals surface area contributed by atoms with Gasteiger partial charge in [0, 0.05) is 6.42 Å². The Hall–Kier alpha value is -1.59. The topological polar surface area (TPSA) is 78.8 Å². The summed E-state index contributed by atoms with van der Waals surface area (Å²) in [6, 6.07) is 7.32. The Morgan fingerprint density at radius 1 is 1.30 bits per heavy atom. The predicted octanol–water partition coefficient (Wildman–Crippen LogP) is 1.97. The Kier molecular flexibility index (Phi) is 6.02. The van der Waals surface area contributed by atoms with E-state index in [1.165, 1.54) is 0 Å². The summed E-state index contributed by atoms with van der Waals surface area (Å²) in [5, 5.41) is 22.2. The molecule has 23 heavy (non-hydrogen) atoms. The molecule has 0 spiro atoms. The molecule has 2 rings (SSSR count). The fourth-order valence-corrected chi connectivity index (χ4v) is 2.96. The molecule has 1 aromatic carbocycles. The van der Waals surface area contributed by atoms with Crippen molar-refractivity contribution in [1.82, 2.24) is 5.32 Å². The van der Waals surface area contributed by atoms with E-state index in [-0.39, 0.29) is 5.91 Å². The predicted molar refractivity (Wildman–Crippen MR) is 88.4 cm³/mol. The van der Waals surface area contributed by atoms with Crippen LogP contribution < -0.4 is 10.1 Å². The maximum Gasteiger partial charge on any atom is 0.261 e. The number of amides is 1. The zero-order chi connectivity index (χ0) is 17.0. The summed E-state index contributed by atoms with van der Waals surface area (Å²) >= 11 is 0. The van der Waals surface area contributed by atoms with Crippen LogP contribution in [0.5, 0.6) is 5.75 Å². The van der Waals surface area contributed by atoms with Gasteiger partial charge in [0.1, 0.15) is 5.75 Å². The maximum atomic E-state index is 12.4. The van der Waals surface area contributed by atoms with Gasteiger partial charge in [-0.1, -0.05) is 39.0 Å². The van der Waals surface area contributed by atoms with Gasteiger partial charge in [0.25, 0.3) is 5.91 Å². The summed E-state index contributed by atoms with van der Waals surface area (Å²) in [6.07, 6.45) is -0.652. The van der Waals surface area contributed by atoms with Crippen molar-refractivity contribution < 1.29 is 19.7 Å². The van der Waals surface area contributed by atoms with Crippen LogP contribution in [0.3, 0.4) is 0 Å². The minimum atomic E-state index is -0.700. The number of hydrogen-bond donors (Lipinski definition) is 3. The number of aliphatic hydroxyl groups is 2. The SMILES string of the molecule is CCC(Oc1ccccc1C(C)C)C(=O)N[C@@H]1C[C@H](O)C[C@H]1O. The van der Waals surface area contributed by atoms with Crippen molar-refractivity contribution in [2.45, 2.75) is 70.3 Å². The molecule has 0 radical (unpaired) electrons. The molecule has 1 aromatic rings. The average molecular weight is 321 g/mol. The Morgan fingerprint density at radius 2 is 2.00 bits per heavy atom. The molecule has 1 fully saturated rings. The Morgan fingerprint density at radius 3 is 2.57 bits per heavy atom. The third-order valence-corrected chi connectivity index (χ3v) is 4.31. The van der Waals surface area contributed by atoms with Gasteiger partial charge in [-0.2, -0.15) is 0 Å². The largest absolute Gasteiger partial charge is 0.480 e. The van der Waals surface area contributed by atoms with Gasteiger partial charge in [-0.05, 0) is 30.4 Å². The molecular weight excluding hydrogens is 294 g/mol. The molecule has 1 unspecified atom stereocenters. The number of para-hydroxylation sites is 1. The van der Waals surface area contributed by atoms with E-state index in [0.29, 0.717) is 25.2 Å². The van der Waals surface area contributed by atoms with Crippen molar-refractivity contribution in [2.24, 2.45) is 0 Å². The van der Waals surface area contributed by atoms with Gasteiger partial charge in [-0.25, -0.2) is 0 Å². The number of carbonyl (C=O) groups is 1. The normalized spacial score (nSPS) is 25.4. The third-order valence-electron chi connectivity index (χ3n) is 4.31. The molecule has 0 saturated heterocycles.